The van der Waals surface area contributed by atoms with Gasteiger partial charge < -0.3 is 14.5 Å². The van der Waals surface area contributed by atoms with Crippen LogP contribution in [0.25, 0.3) is 32.9 Å². The number of hydrogen-bond acceptors (Lipinski definition) is 7. The van der Waals surface area contributed by atoms with Crippen LogP contribution in [0.15, 0.2) is 36.8 Å². The van der Waals surface area contributed by atoms with Crippen molar-refractivity contribution >= 4 is 39.1 Å². The largest absolute Gasteiger partial charge is 0.462 e. The zero-order valence-corrected chi connectivity index (χ0v) is 22.2. The van der Waals surface area contributed by atoms with Gasteiger partial charge in [-0.2, -0.15) is 9.97 Å². The number of aromatic nitrogens is 4. The molecule has 3 aromatic heterocycles. The molecule has 3 aliphatic rings. The summed E-state index contributed by atoms with van der Waals surface area (Å²) >= 11 is 6.55. The summed E-state index contributed by atoms with van der Waals surface area (Å²) in [5.74, 6) is 1.50. The van der Waals surface area contributed by atoms with E-state index < -0.39 is 5.82 Å². The number of anilines is 1. The van der Waals surface area contributed by atoms with Crippen molar-refractivity contribution in [2.45, 2.75) is 38.1 Å². The Morgan fingerprint density at radius 2 is 1.92 bits per heavy atom. The average Bonchev–Trinajstić information content (AvgIpc) is 3.50. The minimum absolute atomic E-state index is 0.175. The molecule has 1 saturated carbocycles. The second kappa shape index (κ2) is 9.58. The Morgan fingerprint density at radius 1 is 1.08 bits per heavy atom. The van der Waals surface area contributed by atoms with Crippen LogP contribution in [0.2, 0.25) is 5.02 Å². The van der Waals surface area contributed by atoms with Gasteiger partial charge in [0.1, 0.15) is 23.6 Å². The van der Waals surface area contributed by atoms with Gasteiger partial charge in [0.2, 0.25) is 0 Å². The van der Waals surface area contributed by atoms with Gasteiger partial charge in [-0.1, -0.05) is 23.7 Å². The highest BCUT2D eigenvalue weighted by molar-refractivity contribution is 6.36. The average molecular weight is 533 g/mol. The van der Waals surface area contributed by atoms with E-state index in [0.717, 1.165) is 43.2 Å². The molecule has 2 aliphatic heterocycles. The SMILES string of the molecule is CN1CCCC1COc1nc(N2CC3CCC(C3)C2)c2cnc(-c3cncc4cccc(Cl)c34)c(F)c2n1. The Balaban J connectivity index is 1.36. The fraction of sp³-hybridized carbons (Fsp3) is 0.448. The van der Waals surface area contributed by atoms with E-state index in [4.69, 9.17) is 21.3 Å². The maximum absolute atomic E-state index is 16.4. The van der Waals surface area contributed by atoms with Gasteiger partial charge in [0.05, 0.1) is 5.39 Å². The van der Waals surface area contributed by atoms with Crippen LogP contribution in [0.1, 0.15) is 32.1 Å². The molecule has 196 valence electrons. The first-order chi connectivity index (χ1) is 18.5. The highest BCUT2D eigenvalue weighted by atomic mass is 35.5. The molecule has 4 aromatic rings. The summed E-state index contributed by atoms with van der Waals surface area (Å²) in [7, 11) is 2.11. The molecule has 3 fully saturated rings. The number of nitrogens with zero attached hydrogens (tertiary/aromatic N) is 6. The van der Waals surface area contributed by atoms with Crippen LogP contribution in [-0.2, 0) is 0 Å². The van der Waals surface area contributed by atoms with E-state index in [9.17, 15) is 0 Å². The third-order valence-corrected chi connectivity index (χ3v) is 8.93. The van der Waals surface area contributed by atoms with E-state index in [1.807, 2.05) is 12.1 Å². The Labute approximate surface area is 226 Å². The first-order valence-electron chi connectivity index (χ1n) is 13.5. The monoisotopic (exact) mass is 532 g/mol. The smallest absolute Gasteiger partial charge is 0.319 e. The summed E-state index contributed by atoms with van der Waals surface area (Å²) in [5, 5.41) is 2.68. The van der Waals surface area contributed by atoms with Crippen molar-refractivity contribution in [1.29, 1.82) is 0 Å². The molecule has 0 amide bonds. The molecule has 9 heteroatoms. The lowest BCUT2D eigenvalue weighted by Gasteiger charge is -2.33. The van der Waals surface area contributed by atoms with E-state index in [1.165, 1.54) is 19.3 Å². The number of pyridine rings is 2. The van der Waals surface area contributed by atoms with Crippen molar-refractivity contribution in [3.8, 4) is 17.3 Å². The standard InChI is InChI=1S/C29H30ClFN6O/c1-36-9-3-5-20(36)16-38-29-34-27-22(28(35-29)37-14-17-7-8-18(10-17)15-37)13-33-26(25(27)31)21-12-32-11-19-4-2-6-23(30)24(19)21/h2,4,6,11-13,17-18,20H,3,5,7-10,14-16H2,1H3. The van der Waals surface area contributed by atoms with Crippen LogP contribution < -0.4 is 9.64 Å². The molecule has 3 unspecified atom stereocenters. The zero-order valence-electron chi connectivity index (χ0n) is 21.4. The van der Waals surface area contributed by atoms with E-state index in [-0.39, 0.29) is 17.2 Å². The Kier molecular flexibility index (Phi) is 6.04. The molecule has 7 rings (SSSR count). The molecular weight excluding hydrogens is 503 g/mol. The van der Waals surface area contributed by atoms with E-state index in [0.29, 0.717) is 46.3 Å². The quantitative estimate of drug-likeness (QED) is 0.324. The Bertz CT molecular complexity index is 1520. The summed E-state index contributed by atoms with van der Waals surface area (Å²) in [4.78, 5) is 23.0. The number of piperidine rings is 1. The van der Waals surface area contributed by atoms with Gasteiger partial charge in [0, 0.05) is 59.1 Å². The van der Waals surface area contributed by atoms with Gasteiger partial charge in [0.25, 0.3) is 0 Å². The van der Waals surface area contributed by atoms with Crippen molar-refractivity contribution in [3.63, 3.8) is 0 Å². The molecule has 7 nitrogen and oxygen atoms in total. The predicted octanol–water partition coefficient (Wildman–Crippen LogP) is 5.74. The highest BCUT2D eigenvalue weighted by Gasteiger charge is 2.35. The molecule has 1 aromatic carbocycles. The second-order valence-electron chi connectivity index (χ2n) is 11.1. The van der Waals surface area contributed by atoms with Crippen molar-refractivity contribution in [2.75, 3.05) is 38.2 Å². The minimum atomic E-state index is -0.511. The Hall–Kier alpha value is -3.10. The van der Waals surface area contributed by atoms with Gasteiger partial charge in [-0.3, -0.25) is 9.97 Å². The second-order valence-corrected chi connectivity index (χ2v) is 11.5. The van der Waals surface area contributed by atoms with Crippen molar-refractivity contribution < 1.29 is 9.13 Å². The van der Waals surface area contributed by atoms with Gasteiger partial charge in [-0.25, -0.2) is 4.39 Å². The topological polar surface area (TPSA) is 67.3 Å². The number of likely N-dealkylation sites (tertiary alicyclic amines) is 1. The summed E-state index contributed by atoms with van der Waals surface area (Å²) in [6, 6.07) is 6.09. The maximum atomic E-state index is 16.4. The molecule has 0 N–H and O–H groups in total. The minimum Gasteiger partial charge on any atom is -0.462 e. The third kappa shape index (κ3) is 4.14. The number of hydrogen-bond donors (Lipinski definition) is 0. The lowest BCUT2D eigenvalue weighted by Crippen LogP contribution is -2.37. The van der Waals surface area contributed by atoms with Gasteiger partial charge in [-0.15, -0.1) is 0 Å². The van der Waals surface area contributed by atoms with Crippen molar-refractivity contribution in [3.05, 3.63) is 47.6 Å². The number of rotatable bonds is 5. The summed E-state index contributed by atoms with van der Waals surface area (Å²) < 4.78 is 22.6. The molecule has 2 saturated heterocycles. The molecule has 0 radical (unpaired) electrons. The van der Waals surface area contributed by atoms with Gasteiger partial charge >= 0.3 is 6.01 Å². The molecule has 1 aliphatic carbocycles. The molecule has 2 bridgehead atoms. The summed E-state index contributed by atoms with van der Waals surface area (Å²) in [5.41, 5.74) is 0.934. The molecular formula is C29H30ClFN6O. The normalized spacial score (nSPS) is 23.6. The van der Waals surface area contributed by atoms with E-state index >= 15 is 4.39 Å². The van der Waals surface area contributed by atoms with Crippen molar-refractivity contribution in [1.82, 2.24) is 24.8 Å². The van der Waals surface area contributed by atoms with Crippen LogP contribution in [0, 0.1) is 17.7 Å². The number of ether oxygens (including phenoxy) is 1. The molecule has 38 heavy (non-hydrogen) atoms. The first-order valence-corrected chi connectivity index (χ1v) is 13.9. The molecule has 5 heterocycles. The number of halogens is 2. The van der Waals surface area contributed by atoms with Crippen LogP contribution in [0.4, 0.5) is 10.2 Å². The van der Waals surface area contributed by atoms with Gasteiger partial charge in [0.15, 0.2) is 5.82 Å². The predicted molar refractivity (Wildman–Crippen MR) is 147 cm³/mol. The van der Waals surface area contributed by atoms with Crippen LogP contribution in [0.5, 0.6) is 6.01 Å². The van der Waals surface area contributed by atoms with E-state index in [1.54, 1.807) is 24.7 Å². The summed E-state index contributed by atoms with van der Waals surface area (Å²) in [6.45, 7) is 3.37. The maximum Gasteiger partial charge on any atom is 0.319 e. The molecule has 0 spiro atoms. The lowest BCUT2D eigenvalue weighted by atomic mass is 9.98. The van der Waals surface area contributed by atoms with Crippen LogP contribution >= 0.6 is 11.6 Å². The number of benzene rings is 1. The van der Waals surface area contributed by atoms with Gasteiger partial charge in [-0.05, 0) is 63.6 Å². The third-order valence-electron chi connectivity index (χ3n) is 8.61. The summed E-state index contributed by atoms with van der Waals surface area (Å²) in [6.07, 6.45) is 11.0. The molecule has 3 atom stereocenters. The Morgan fingerprint density at radius 3 is 2.71 bits per heavy atom. The van der Waals surface area contributed by atoms with Crippen molar-refractivity contribution in [2.24, 2.45) is 11.8 Å². The number of likely N-dealkylation sites (N-methyl/N-ethyl adjacent to an activating group) is 1. The first kappa shape index (κ1) is 24.0. The van der Waals surface area contributed by atoms with E-state index in [2.05, 4.69) is 31.8 Å². The lowest BCUT2D eigenvalue weighted by molar-refractivity contribution is 0.188. The number of fused-ring (bicyclic) bond motifs is 4. The highest BCUT2D eigenvalue weighted by Crippen LogP contribution is 2.41. The fourth-order valence-electron chi connectivity index (χ4n) is 6.63. The van der Waals surface area contributed by atoms with Crippen LogP contribution in [-0.4, -0.2) is 64.2 Å². The fourth-order valence-corrected chi connectivity index (χ4v) is 6.91. The van der Waals surface area contributed by atoms with Crippen LogP contribution in [0.3, 0.4) is 0 Å². The zero-order chi connectivity index (χ0) is 25.8.